The lowest BCUT2D eigenvalue weighted by molar-refractivity contribution is -0.146. The van der Waals surface area contributed by atoms with Crippen molar-refractivity contribution < 1.29 is 9.90 Å². The van der Waals surface area contributed by atoms with Crippen LogP contribution in [0.25, 0.3) is 0 Å². The van der Waals surface area contributed by atoms with Gasteiger partial charge in [-0.05, 0) is 65.3 Å². The molecular weight excluding hydrogens is 264 g/mol. The van der Waals surface area contributed by atoms with Crippen molar-refractivity contribution in [3.05, 3.63) is 0 Å². The maximum atomic E-state index is 11.7. The highest BCUT2D eigenvalue weighted by atomic mass is 16.4. The largest absolute Gasteiger partial charge is 0.480 e. The fourth-order valence-corrected chi connectivity index (χ4v) is 3.50. The molecule has 2 N–H and O–H groups in total. The van der Waals surface area contributed by atoms with Gasteiger partial charge in [0.2, 0.25) is 0 Å². The summed E-state index contributed by atoms with van der Waals surface area (Å²) in [6, 6.07) is 0.829. The molecule has 1 rings (SSSR count). The molecule has 0 aromatic carbocycles. The summed E-state index contributed by atoms with van der Waals surface area (Å²) >= 11 is 0. The van der Waals surface area contributed by atoms with E-state index in [2.05, 4.69) is 24.1 Å². The molecule has 0 spiro atoms. The minimum Gasteiger partial charge on any atom is -0.480 e. The van der Waals surface area contributed by atoms with Crippen LogP contribution in [0.5, 0.6) is 0 Å². The Bertz CT molecular complexity index is 333. The van der Waals surface area contributed by atoms with Crippen molar-refractivity contribution in [2.24, 2.45) is 5.92 Å². The molecule has 1 heterocycles. The topological polar surface area (TPSA) is 52.6 Å². The number of carbonyl (C=O) groups is 1. The lowest BCUT2D eigenvalue weighted by atomic mass is 9.88. The van der Waals surface area contributed by atoms with Crippen LogP contribution in [0, 0.1) is 5.92 Å². The van der Waals surface area contributed by atoms with Gasteiger partial charge in [-0.1, -0.05) is 13.8 Å². The van der Waals surface area contributed by atoms with Crippen LogP contribution in [-0.4, -0.2) is 46.7 Å². The van der Waals surface area contributed by atoms with Gasteiger partial charge < -0.3 is 10.0 Å². The lowest BCUT2D eigenvalue weighted by Gasteiger charge is -2.38. The fourth-order valence-electron chi connectivity index (χ4n) is 3.50. The van der Waals surface area contributed by atoms with E-state index in [-0.39, 0.29) is 6.04 Å². The maximum Gasteiger partial charge on any atom is 0.323 e. The van der Waals surface area contributed by atoms with Gasteiger partial charge in [0.15, 0.2) is 0 Å². The van der Waals surface area contributed by atoms with E-state index in [0.29, 0.717) is 18.9 Å². The molecule has 0 bridgehead atoms. The standard InChI is InChI=1S/C17H34N2O2/c1-6-17(16(20)21,18-13(2)3)10-7-11-19-12-14(4)8-9-15(19)5/h13-15,18H,6-12H2,1-5H3,(H,20,21). The van der Waals surface area contributed by atoms with E-state index in [1.54, 1.807) is 0 Å². The minimum absolute atomic E-state index is 0.190. The Kier molecular flexibility index (Phi) is 7.14. The number of carboxylic acid groups (broad SMARTS) is 1. The Morgan fingerprint density at radius 2 is 2.05 bits per heavy atom. The monoisotopic (exact) mass is 298 g/mol. The number of aliphatic carboxylic acids is 1. The van der Waals surface area contributed by atoms with E-state index in [1.807, 2.05) is 20.8 Å². The summed E-state index contributed by atoms with van der Waals surface area (Å²) in [4.78, 5) is 14.2. The number of hydrogen-bond donors (Lipinski definition) is 2. The van der Waals surface area contributed by atoms with Crippen LogP contribution in [0.3, 0.4) is 0 Å². The van der Waals surface area contributed by atoms with Crippen LogP contribution < -0.4 is 5.32 Å². The molecule has 0 aromatic rings. The van der Waals surface area contributed by atoms with Crippen LogP contribution in [0.15, 0.2) is 0 Å². The normalized spacial score (nSPS) is 26.8. The van der Waals surface area contributed by atoms with Crippen molar-refractivity contribution >= 4 is 5.97 Å². The second-order valence-corrected chi connectivity index (χ2v) is 7.17. The van der Waals surface area contributed by atoms with Crippen LogP contribution in [0.4, 0.5) is 0 Å². The molecule has 1 fully saturated rings. The predicted molar refractivity (Wildman–Crippen MR) is 87.6 cm³/mol. The predicted octanol–water partition coefficient (Wildman–Crippen LogP) is 3.12. The number of nitrogens with one attached hydrogen (secondary N) is 1. The summed E-state index contributed by atoms with van der Waals surface area (Å²) in [5, 5.41) is 12.9. The zero-order chi connectivity index (χ0) is 16.0. The van der Waals surface area contributed by atoms with Gasteiger partial charge in [0.05, 0.1) is 0 Å². The third-order valence-electron chi connectivity index (χ3n) is 4.87. The van der Waals surface area contributed by atoms with Crippen molar-refractivity contribution in [2.45, 2.75) is 84.3 Å². The average molecular weight is 298 g/mol. The lowest BCUT2D eigenvalue weighted by Crippen LogP contribution is -2.54. The molecule has 0 aliphatic carbocycles. The van der Waals surface area contributed by atoms with Gasteiger partial charge in [0.25, 0.3) is 0 Å². The molecule has 4 heteroatoms. The number of likely N-dealkylation sites (tertiary alicyclic amines) is 1. The van der Waals surface area contributed by atoms with Crippen molar-refractivity contribution in [2.75, 3.05) is 13.1 Å². The second kappa shape index (κ2) is 8.14. The molecule has 124 valence electrons. The molecule has 1 saturated heterocycles. The Morgan fingerprint density at radius 3 is 2.57 bits per heavy atom. The molecule has 0 radical (unpaired) electrons. The first-order chi connectivity index (χ1) is 9.80. The molecule has 3 unspecified atom stereocenters. The van der Waals surface area contributed by atoms with E-state index in [9.17, 15) is 9.90 Å². The average Bonchev–Trinajstić information content (AvgIpc) is 2.40. The zero-order valence-corrected chi connectivity index (χ0v) is 14.5. The molecule has 3 atom stereocenters. The van der Waals surface area contributed by atoms with Crippen LogP contribution in [0.2, 0.25) is 0 Å². The summed E-state index contributed by atoms with van der Waals surface area (Å²) in [5.74, 6) is 0.0594. The van der Waals surface area contributed by atoms with Crippen LogP contribution >= 0.6 is 0 Å². The maximum absolute atomic E-state index is 11.7. The van der Waals surface area contributed by atoms with Gasteiger partial charge in [-0.15, -0.1) is 0 Å². The Balaban J connectivity index is 2.55. The Hall–Kier alpha value is -0.610. The van der Waals surface area contributed by atoms with E-state index >= 15 is 0 Å². The van der Waals surface area contributed by atoms with Gasteiger partial charge in [-0.3, -0.25) is 10.1 Å². The van der Waals surface area contributed by atoms with Gasteiger partial charge in [-0.2, -0.15) is 0 Å². The third-order valence-corrected chi connectivity index (χ3v) is 4.87. The first-order valence-electron chi connectivity index (χ1n) is 8.56. The minimum atomic E-state index is -0.765. The first kappa shape index (κ1) is 18.4. The first-order valence-corrected chi connectivity index (χ1v) is 8.56. The van der Waals surface area contributed by atoms with Crippen LogP contribution in [0.1, 0.15) is 66.7 Å². The van der Waals surface area contributed by atoms with Crippen molar-refractivity contribution in [3.8, 4) is 0 Å². The molecule has 4 nitrogen and oxygen atoms in total. The molecule has 0 aromatic heterocycles. The van der Waals surface area contributed by atoms with Crippen molar-refractivity contribution in [1.29, 1.82) is 0 Å². The number of hydrogen-bond acceptors (Lipinski definition) is 3. The summed E-state index contributed by atoms with van der Waals surface area (Å²) in [7, 11) is 0. The molecule has 1 aliphatic rings. The highest BCUT2D eigenvalue weighted by Gasteiger charge is 2.36. The van der Waals surface area contributed by atoms with E-state index < -0.39 is 11.5 Å². The fraction of sp³-hybridized carbons (Fsp3) is 0.941. The third kappa shape index (κ3) is 5.26. The number of nitrogens with zero attached hydrogens (tertiary/aromatic N) is 1. The van der Waals surface area contributed by atoms with E-state index in [4.69, 9.17) is 0 Å². The highest BCUT2D eigenvalue weighted by molar-refractivity contribution is 5.78. The summed E-state index contributed by atoms with van der Waals surface area (Å²) in [5.41, 5.74) is -0.765. The van der Waals surface area contributed by atoms with Gasteiger partial charge >= 0.3 is 5.97 Å². The molecule has 21 heavy (non-hydrogen) atoms. The summed E-state index contributed by atoms with van der Waals surface area (Å²) in [6.45, 7) is 12.8. The number of rotatable bonds is 8. The van der Waals surface area contributed by atoms with Gasteiger partial charge in [-0.25, -0.2) is 0 Å². The van der Waals surface area contributed by atoms with Crippen LogP contribution in [-0.2, 0) is 4.79 Å². The SMILES string of the molecule is CCC(CCCN1CC(C)CCC1C)(NC(C)C)C(=O)O. The van der Waals surface area contributed by atoms with Crippen molar-refractivity contribution in [1.82, 2.24) is 10.2 Å². The molecular formula is C17H34N2O2. The second-order valence-electron chi connectivity index (χ2n) is 7.17. The Labute approximate surface area is 130 Å². The van der Waals surface area contributed by atoms with Gasteiger partial charge in [0.1, 0.15) is 5.54 Å². The summed E-state index contributed by atoms with van der Waals surface area (Å²) in [6.07, 6.45) is 4.86. The van der Waals surface area contributed by atoms with E-state index in [0.717, 1.165) is 25.4 Å². The molecule has 0 amide bonds. The van der Waals surface area contributed by atoms with Crippen molar-refractivity contribution in [3.63, 3.8) is 0 Å². The highest BCUT2D eigenvalue weighted by Crippen LogP contribution is 2.24. The zero-order valence-electron chi connectivity index (χ0n) is 14.5. The van der Waals surface area contributed by atoms with E-state index in [1.165, 1.54) is 12.8 Å². The smallest absolute Gasteiger partial charge is 0.323 e. The Morgan fingerprint density at radius 1 is 1.38 bits per heavy atom. The van der Waals surface area contributed by atoms with Gasteiger partial charge in [0, 0.05) is 18.6 Å². The quantitative estimate of drug-likeness (QED) is 0.723. The molecule has 0 saturated carbocycles. The summed E-state index contributed by atoms with van der Waals surface area (Å²) < 4.78 is 0. The molecule has 1 aliphatic heterocycles. The number of carboxylic acids is 1. The number of piperidine rings is 1.